The van der Waals surface area contributed by atoms with Crippen LogP contribution in [0, 0.1) is 18.3 Å². The van der Waals surface area contributed by atoms with Crippen molar-refractivity contribution in [2.75, 3.05) is 4.72 Å². The number of hydrogen-bond acceptors (Lipinski definition) is 5. The molecule has 1 amide bonds. The van der Waals surface area contributed by atoms with Crippen molar-refractivity contribution in [1.29, 1.82) is 0 Å². The van der Waals surface area contributed by atoms with Crippen molar-refractivity contribution in [3.8, 4) is 11.5 Å². The molecule has 2 N–H and O–H groups in total. The van der Waals surface area contributed by atoms with Gasteiger partial charge in [-0.05, 0) is 49.3 Å². The van der Waals surface area contributed by atoms with E-state index in [2.05, 4.69) is 15.0 Å². The normalized spacial score (nSPS) is 18.8. The van der Waals surface area contributed by atoms with Gasteiger partial charge in [0.1, 0.15) is 11.5 Å². The van der Waals surface area contributed by atoms with E-state index in [0.717, 1.165) is 19.3 Å². The van der Waals surface area contributed by atoms with Gasteiger partial charge >= 0.3 is 0 Å². The first-order chi connectivity index (χ1) is 16.9. The van der Waals surface area contributed by atoms with Crippen molar-refractivity contribution in [2.24, 2.45) is 11.3 Å². The summed E-state index contributed by atoms with van der Waals surface area (Å²) >= 11 is 0. The average Bonchev–Trinajstić information content (AvgIpc) is 3.40. The Morgan fingerprint density at radius 1 is 1.06 bits per heavy atom. The van der Waals surface area contributed by atoms with E-state index in [1.165, 1.54) is 19.3 Å². The maximum absolute atomic E-state index is 12.8. The number of amides is 1. The summed E-state index contributed by atoms with van der Waals surface area (Å²) in [5.74, 6) is 1.01. The van der Waals surface area contributed by atoms with Crippen molar-refractivity contribution < 1.29 is 17.6 Å². The van der Waals surface area contributed by atoms with E-state index in [4.69, 9.17) is 4.42 Å². The Hall–Kier alpha value is -3.13. The van der Waals surface area contributed by atoms with E-state index in [-0.39, 0.29) is 23.0 Å². The Morgan fingerprint density at radius 2 is 1.77 bits per heavy atom. The second-order valence-electron chi connectivity index (χ2n) is 9.81. The van der Waals surface area contributed by atoms with Crippen LogP contribution >= 0.6 is 0 Å². The van der Waals surface area contributed by atoms with Crippen LogP contribution in [-0.4, -0.2) is 19.3 Å². The third-order valence-corrected chi connectivity index (χ3v) is 8.55. The number of oxazole rings is 1. The molecule has 0 aliphatic heterocycles. The Morgan fingerprint density at radius 3 is 2.54 bits per heavy atom. The van der Waals surface area contributed by atoms with Gasteiger partial charge in [-0.15, -0.1) is 0 Å². The van der Waals surface area contributed by atoms with Crippen molar-refractivity contribution in [3.63, 3.8) is 0 Å². The summed E-state index contributed by atoms with van der Waals surface area (Å²) < 4.78 is 34.1. The maximum Gasteiger partial charge on any atom is 0.236 e. The highest BCUT2D eigenvalue weighted by molar-refractivity contribution is 7.91. The second-order valence-corrected chi connectivity index (χ2v) is 11.5. The predicted octanol–water partition coefficient (Wildman–Crippen LogP) is 5.18. The summed E-state index contributed by atoms with van der Waals surface area (Å²) in [7, 11) is -3.64. The lowest BCUT2D eigenvalue weighted by atomic mass is 9.84. The zero-order chi connectivity index (χ0) is 24.5. The molecule has 8 heteroatoms. The van der Waals surface area contributed by atoms with E-state index in [9.17, 15) is 13.2 Å². The highest BCUT2D eigenvalue weighted by Crippen LogP contribution is 2.61. The molecular formula is C27H31N3O4S. The summed E-state index contributed by atoms with van der Waals surface area (Å²) in [5, 5.41) is 3.05. The summed E-state index contributed by atoms with van der Waals surface area (Å²) in [4.78, 5) is 17.3. The molecule has 0 saturated heterocycles. The van der Waals surface area contributed by atoms with Crippen LogP contribution in [0.3, 0.4) is 0 Å². The summed E-state index contributed by atoms with van der Waals surface area (Å²) in [6.07, 6.45) is 7.05. The lowest BCUT2D eigenvalue weighted by molar-refractivity contribution is -0.123. The van der Waals surface area contributed by atoms with Gasteiger partial charge in [0, 0.05) is 5.92 Å². The average molecular weight is 494 g/mol. The number of sulfonamides is 1. The number of rotatable bonds is 8. The molecule has 2 aliphatic rings. The standard InChI is InChI=1S/C27H31N3O4S/c1-19-24(17-28-25(31)22-16-27(22)14-8-3-9-15-27)29-26(34-19)21-12-6-7-13-23(21)30-35(32,33)18-20-10-4-2-5-11-20/h2,4-7,10-13,22,30H,3,8-9,14-18H2,1H3,(H,28,31). The minimum absolute atomic E-state index is 0.102. The molecule has 1 unspecified atom stereocenters. The molecule has 2 saturated carbocycles. The number of carbonyl (C=O) groups excluding carboxylic acids is 1. The molecule has 184 valence electrons. The SMILES string of the molecule is Cc1oc(-c2ccccc2NS(=O)(=O)Cc2ccccc2)nc1CNC(=O)C1CC12CCCCC2. The number of anilines is 1. The van der Waals surface area contributed by atoms with Crippen molar-refractivity contribution >= 4 is 21.6 Å². The molecule has 1 spiro atoms. The smallest absolute Gasteiger partial charge is 0.236 e. The first-order valence-corrected chi connectivity index (χ1v) is 13.9. The van der Waals surface area contributed by atoms with Crippen LogP contribution in [0.2, 0.25) is 0 Å². The minimum atomic E-state index is -3.64. The number of nitrogens with zero attached hydrogens (tertiary/aromatic N) is 1. The van der Waals surface area contributed by atoms with Gasteiger partial charge in [-0.25, -0.2) is 13.4 Å². The zero-order valence-corrected chi connectivity index (χ0v) is 20.7. The maximum atomic E-state index is 12.8. The Bertz CT molecular complexity index is 1310. The lowest BCUT2D eigenvalue weighted by Gasteiger charge is -2.21. The molecule has 1 heterocycles. The van der Waals surface area contributed by atoms with E-state index in [0.29, 0.717) is 40.7 Å². The number of aromatic nitrogens is 1. The van der Waals surface area contributed by atoms with Crippen LogP contribution in [0.25, 0.3) is 11.5 Å². The van der Waals surface area contributed by atoms with Gasteiger partial charge in [0.05, 0.1) is 23.5 Å². The van der Waals surface area contributed by atoms with Crippen LogP contribution in [0.1, 0.15) is 55.5 Å². The lowest BCUT2D eigenvalue weighted by Crippen LogP contribution is -2.28. The van der Waals surface area contributed by atoms with Gasteiger partial charge in [0.25, 0.3) is 0 Å². The summed E-state index contributed by atoms with van der Waals surface area (Å²) in [6, 6.07) is 16.1. The molecule has 0 radical (unpaired) electrons. The molecule has 0 bridgehead atoms. The molecule has 2 fully saturated rings. The van der Waals surface area contributed by atoms with Gasteiger partial charge < -0.3 is 9.73 Å². The van der Waals surface area contributed by atoms with Crippen molar-refractivity contribution in [1.82, 2.24) is 10.3 Å². The molecular weight excluding hydrogens is 462 g/mol. The Balaban J connectivity index is 1.27. The Kier molecular flexibility index (Phi) is 6.40. The molecule has 35 heavy (non-hydrogen) atoms. The molecule has 2 aromatic carbocycles. The number of aryl methyl sites for hydroxylation is 1. The number of hydrogen-bond donors (Lipinski definition) is 2. The molecule has 2 aliphatic carbocycles. The van der Waals surface area contributed by atoms with Gasteiger partial charge in [0.15, 0.2) is 0 Å². The number of nitrogens with one attached hydrogen (secondary N) is 2. The van der Waals surface area contributed by atoms with Crippen LogP contribution in [-0.2, 0) is 27.1 Å². The predicted molar refractivity (Wildman–Crippen MR) is 135 cm³/mol. The minimum Gasteiger partial charge on any atom is -0.441 e. The van der Waals surface area contributed by atoms with Crippen LogP contribution < -0.4 is 10.0 Å². The summed E-state index contributed by atoms with van der Waals surface area (Å²) in [5.41, 5.74) is 2.54. The highest BCUT2D eigenvalue weighted by atomic mass is 32.2. The first-order valence-electron chi connectivity index (χ1n) is 12.2. The fourth-order valence-electron chi connectivity index (χ4n) is 5.28. The Labute approximate surface area is 206 Å². The highest BCUT2D eigenvalue weighted by Gasteiger charge is 2.57. The number of para-hydroxylation sites is 1. The van der Waals surface area contributed by atoms with Gasteiger partial charge in [-0.2, -0.15) is 0 Å². The third kappa shape index (κ3) is 5.27. The van der Waals surface area contributed by atoms with Crippen LogP contribution in [0.5, 0.6) is 0 Å². The second kappa shape index (κ2) is 9.49. The molecule has 5 rings (SSSR count). The monoisotopic (exact) mass is 493 g/mol. The van der Waals surface area contributed by atoms with Gasteiger partial charge in [-0.1, -0.05) is 61.7 Å². The van der Waals surface area contributed by atoms with Gasteiger partial charge in [-0.3, -0.25) is 9.52 Å². The third-order valence-electron chi connectivity index (χ3n) is 7.30. The van der Waals surface area contributed by atoms with Crippen molar-refractivity contribution in [3.05, 3.63) is 71.6 Å². The van der Waals surface area contributed by atoms with E-state index in [1.54, 1.807) is 37.3 Å². The molecule has 7 nitrogen and oxygen atoms in total. The quantitative estimate of drug-likeness (QED) is 0.450. The fraction of sp³-hybridized carbons (Fsp3) is 0.407. The van der Waals surface area contributed by atoms with Crippen LogP contribution in [0.4, 0.5) is 5.69 Å². The number of carbonyl (C=O) groups is 1. The molecule has 1 aromatic heterocycles. The fourth-order valence-corrected chi connectivity index (χ4v) is 6.50. The van der Waals surface area contributed by atoms with Crippen LogP contribution in [0.15, 0.2) is 59.0 Å². The van der Waals surface area contributed by atoms with E-state index in [1.807, 2.05) is 24.3 Å². The topological polar surface area (TPSA) is 101 Å². The largest absolute Gasteiger partial charge is 0.441 e. The summed E-state index contributed by atoms with van der Waals surface area (Å²) in [6.45, 7) is 2.10. The van der Waals surface area contributed by atoms with Crippen molar-refractivity contribution in [2.45, 2.75) is 57.7 Å². The number of benzene rings is 2. The molecule has 1 atom stereocenters. The zero-order valence-electron chi connectivity index (χ0n) is 19.9. The van der Waals surface area contributed by atoms with Gasteiger partial charge in [0.2, 0.25) is 21.8 Å². The molecule has 3 aromatic rings. The first kappa shape index (κ1) is 23.6. The van der Waals surface area contributed by atoms with E-state index < -0.39 is 10.0 Å². The van der Waals surface area contributed by atoms with E-state index >= 15 is 0 Å².